The molecule has 1 saturated heterocycles. The highest BCUT2D eigenvalue weighted by molar-refractivity contribution is 7.99. The van der Waals surface area contributed by atoms with Crippen molar-refractivity contribution in [3.63, 3.8) is 0 Å². The van der Waals surface area contributed by atoms with Gasteiger partial charge >= 0.3 is 18.0 Å². The second-order valence-electron chi connectivity index (χ2n) is 11.8. The number of hydrogen-bond donors (Lipinski definition) is 0. The van der Waals surface area contributed by atoms with Crippen molar-refractivity contribution in [2.75, 3.05) is 23.7 Å². The molecule has 2 aliphatic rings. The third-order valence-electron chi connectivity index (χ3n) is 7.44. The predicted octanol–water partition coefficient (Wildman–Crippen LogP) is 6.93. The first-order chi connectivity index (χ1) is 19.5. The highest BCUT2D eigenvalue weighted by atomic mass is 35.5. The number of carbonyl (C=O) groups excluding carboxylic acids is 1. The molecule has 1 fully saturated rings. The SMILES string of the molecule is C[C@@H]1CN(c2nc(=O)n3c4c(c(Cl)c(C(F)(F)F)cc24)SCC(c2ccc(F)cc2)C3)C[C@H](C)N1C(=O)OC(C)(C)C. The summed E-state index contributed by atoms with van der Waals surface area (Å²) in [4.78, 5) is 34.4. The molecule has 1 amide bonds. The molecule has 1 unspecified atom stereocenters. The largest absolute Gasteiger partial charge is 0.444 e. The number of anilines is 1. The average Bonchev–Trinajstić information content (AvgIpc) is 3.07. The number of halogens is 5. The Morgan fingerprint density at radius 2 is 1.69 bits per heavy atom. The molecule has 7 nitrogen and oxygen atoms in total. The average molecular weight is 627 g/mol. The van der Waals surface area contributed by atoms with Crippen LogP contribution in [0.25, 0.3) is 10.9 Å². The number of aromatic nitrogens is 2. The van der Waals surface area contributed by atoms with Crippen molar-refractivity contribution in [3.8, 4) is 0 Å². The molecule has 13 heteroatoms. The molecule has 2 aliphatic heterocycles. The van der Waals surface area contributed by atoms with Gasteiger partial charge in [-0.2, -0.15) is 18.2 Å². The Kier molecular flexibility index (Phi) is 7.93. The zero-order valence-electron chi connectivity index (χ0n) is 23.8. The molecule has 0 bridgehead atoms. The minimum atomic E-state index is -4.75. The van der Waals surface area contributed by atoms with Gasteiger partial charge in [0, 0.05) is 36.7 Å². The van der Waals surface area contributed by atoms with Crippen LogP contribution in [0.2, 0.25) is 5.02 Å². The lowest BCUT2D eigenvalue weighted by Crippen LogP contribution is -2.59. The van der Waals surface area contributed by atoms with Crippen LogP contribution in [0.1, 0.15) is 51.7 Å². The summed E-state index contributed by atoms with van der Waals surface area (Å²) >= 11 is 7.55. The van der Waals surface area contributed by atoms with Crippen molar-refractivity contribution in [3.05, 3.63) is 62.8 Å². The van der Waals surface area contributed by atoms with E-state index in [9.17, 15) is 27.2 Å². The van der Waals surface area contributed by atoms with Gasteiger partial charge < -0.3 is 9.64 Å². The van der Waals surface area contributed by atoms with Crippen LogP contribution in [0.4, 0.5) is 28.2 Å². The summed E-state index contributed by atoms with van der Waals surface area (Å²) in [6.45, 7) is 9.53. The van der Waals surface area contributed by atoms with E-state index in [1.807, 2.05) is 13.8 Å². The lowest BCUT2D eigenvalue weighted by atomic mass is 10.0. The van der Waals surface area contributed by atoms with Gasteiger partial charge in [-0.15, -0.1) is 11.8 Å². The van der Waals surface area contributed by atoms with Crippen molar-refractivity contribution in [1.29, 1.82) is 0 Å². The molecule has 3 aromatic rings. The first kappa shape index (κ1) is 30.5. The zero-order chi connectivity index (χ0) is 30.7. The van der Waals surface area contributed by atoms with E-state index in [1.165, 1.54) is 16.7 Å². The van der Waals surface area contributed by atoms with E-state index < -0.39 is 40.0 Å². The third-order valence-corrected chi connectivity index (χ3v) is 9.20. The van der Waals surface area contributed by atoms with E-state index in [0.717, 1.165) is 23.4 Å². The Morgan fingerprint density at radius 3 is 2.26 bits per heavy atom. The Balaban J connectivity index is 1.63. The molecule has 3 atom stereocenters. The molecule has 226 valence electrons. The summed E-state index contributed by atoms with van der Waals surface area (Å²) in [5, 5.41) is -0.319. The van der Waals surface area contributed by atoms with Gasteiger partial charge in [0.25, 0.3) is 0 Å². The number of piperazine rings is 1. The summed E-state index contributed by atoms with van der Waals surface area (Å²) in [6, 6.07) is 6.03. The van der Waals surface area contributed by atoms with Gasteiger partial charge in [-0.3, -0.25) is 9.47 Å². The number of thioether (sulfide) groups is 1. The monoisotopic (exact) mass is 626 g/mol. The minimum Gasteiger partial charge on any atom is -0.444 e. The van der Waals surface area contributed by atoms with E-state index in [2.05, 4.69) is 4.98 Å². The van der Waals surface area contributed by atoms with Gasteiger partial charge in [0.1, 0.15) is 17.2 Å². The fraction of sp³-hybridized carbons (Fsp3) is 0.483. The normalized spacial score (nSPS) is 21.4. The van der Waals surface area contributed by atoms with Crippen LogP contribution in [-0.4, -0.2) is 57.1 Å². The van der Waals surface area contributed by atoms with Gasteiger partial charge in [-0.05, 0) is 58.4 Å². The smallest absolute Gasteiger partial charge is 0.417 e. The lowest BCUT2D eigenvalue weighted by Gasteiger charge is -2.45. The van der Waals surface area contributed by atoms with Gasteiger partial charge in [0.15, 0.2) is 0 Å². The van der Waals surface area contributed by atoms with E-state index >= 15 is 0 Å². The van der Waals surface area contributed by atoms with Crippen LogP contribution in [0.3, 0.4) is 0 Å². The van der Waals surface area contributed by atoms with Gasteiger partial charge in [-0.1, -0.05) is 23.7 Å². The third kappa shape index (κ3) is 5.79. The van der Waals surface area contributed by atoms with Gasteiger partial charge in [0.05, 0.1) is 33.1 Å². The number of amides is 1. The molecule has 0 N–H and O–H groups in total. The topological polar surface area (TPSA) is 67.7 Å². The van der Waals surface area contributed by atoms with Gasteiger partial charge in [0.2, 0.25) is 0 Å². The molecular weight excluding hydrogens is 596 g/mol. The standard InChI is InChI=1S/C29H31ClF4N4O3S/c1-15-11-36(12-16(2)38(15)27(40)41-28(3,4)5)25-20-10-21(29(32,33)34)22(30)24-23(20)37(26(39)35-25)13-18(14-42-24)17-6-8-19(31)9-7-17/h6-10,15-16,18H,11-14H2,1-5H3/t15-,16+,18?. The first-order valence-electron chi connectivity index (χ1n) is 13.5. The summed E-state index contributed by atoms with van der Waals surface area (Å²) in [5.41, 5.74) is -1.31. The second kappa shape index (κ2) is 10.9. The fourth-order valence-corrected chi connectivity index (χ4v) is 7.36. The van der Waals surface area contributed by atoms with Crippen molar-refractivity contribution in [1.82, 2.24) is 14.5 Å². The quantitative estimate of drug-likeness (QED) is 0.287. The number of hydrogen-bond acceptors (Lipinski definition) is 6. The predicted molar refractivity (Wildman–Crippen MR) is 155 cm³/mol. The number of nitrogens with zero attached hydrogens (tertiary/aromatic N) is 4. The maximum Gasteiger partial charge on any atom is 0.417 e. The maximum absolute atomic E-state index is 14.3. The van der Waals surface area contributed by atoms with Crippen LogP contribution in [0.5, 0.6) is 0 Å². The highest BCUT2D eigenvalue weighted by Gasteiger charge is 2.40. The number of carbonyl (C=O) groups is 1. The molecule has 42 heavy (non-hydrogen) atoms. The summed E-state index contributed by atoms with van der Waals surface area (Å²) in [6.07, 6.45) is -5.24. The summed E-state index contributed by atoms with van der Waals surface area (Å²) in [7, 11) is 0. The van der Waals surface area contributed by atoms with Crippen molar-refractivity contribution >= 4 is 46.2 Å². The summed E-state index contributed by atoms with van der Waals surface area (Å²) < 4.78 is 63.3. The maximum atomic E-state index is 14.3. The molecular formula is C29H31ClF4N4O3S. The van der Waals surface area contributed by atoms with Crippen molar-refractivity contribution < 1.29 is 27.1 Å². The van der Waals surface area contributed by atoms with Crippen LogP contribution in [0, 0.1) is 5.82 Å². The second-order valence-corrected chi connectivity index (χ2v) is 13.2. The number of benzene rings is 2. The van der Waals surface area contributed by atoms with Crippen LogP contribution in [0.15, 0.2) is 40.0 Å². The molecule has 0 spiro atoms. The molecule has 3 heterocycles. The first-order valence-corrected chi connectivity index (χ1v) is 14.9. The zero-order valence-corrected chi connectivity index (χ0v) is 25.3. The number of alkyl halides is 3. The molecule has 0 radical (unpaired) electrons. The Hall–Kier alpha value is -2.99. The molecule has 1 aromatic heterocycles. The van der Waals surface area contributed by atoms with E-state index in [4.69, 9.17) is 16.3 Å². The Labute approximate surface area is 249 Å². The Morgan fingerprint density at radius 1 is 1.07 bits per heavy atom. The van der Waals surface area contributed by atoms with E-state index in [0.29, 0.717) is 5.75 Å². The molecule has 2 aromatic carbocycles. The summed E-state index contributed by atoms with van der Waals surface area (Å²) in [5.74, 6) is -0.291. The lowest BCUT2D eigenvalue weighted by molar-refractivity contribution is -0.137. The Bertz CT molecular complexity index is 1580. The van der Waals surface area contributed by atoms with E-state index in [1.54, 1.807) is 42.7 Å². The molecule has 0 aliphatic carbocycles. The van der Waals surface area contributed by atoms with Crippen molar-refractivity contribution in [2.24, 2.45) is 0 Å². The van der Waals surface area contributed by atoms with E-state index in [-0.39, 0.29) is 59.3 Å². The molecule has 5 rings (SSSR count). The number of ether oxygens (including phenoxy) is 1. The van der Waals surface area contributed by atoms with Crippen LogP contribution < -0.4 is 10.6 Å². The minimum absolute atomic E-state index is 0.109. The van der Waals surface area contributed by atoms with Crippen LogP contribution in [-0.2, 0) is 17.5 Å². The van der Waals surface area contributed by atoms with Crippen molar-refractivity contribution in [2.45, 2.75) is 75.8 Å². The highest BCUT2D eigenvalue weighted by Crippen LogP contribution is 2.47. The molecule has 0 saturated carbocycles. The van der Waals surface area contributed by atoms with Gasteiger partial charge in [-0.25, -0.2) is 14.0 Å². The number of rotatable bonds is 2. The fourth-order valence-electron chi connectivity index (χ4n) is 5.68. The van der Waals surface area contributed by atoms with Crippen LogP contribution >= 0.6 is 23.4 Å².